The van der Waals surface area contributed by atoms with Crippen molar-refractivity contribution in [2.75, 3.05) is 6.61 Å². The minimum absolute atomic E-state index is 0.238. The molecule has 2 N–H and O–H groups in total. The van der Waals surface area contributed by atoms with Crippen LogP contribution in [0.2, 0.25) is 0 Å². The van der Waals surface area contributed by atoms with Gasteiger partial charge in [0.25, 0.3) is 0 Å². The Morgan fingerprint density at radius 3 is 2.38 bits per heavy atom. The predicted molar refractivity (Wildman–Crippen MR) is 64.2 cm³/mol. The molecule has 96 valence electrons. The van der Waals surface area contributed by atoms with E-state index in [1.165, 1.54) is 0 Å². The highest BCUT2D eigenvalue weighted by atomic mass is 16.5. The third-order valence-corrected chi connectivity index (χ3v) is 2.74. The van der Waals surface area contributed by atoms with Crippen molar-refractivity contribution in [2.45, 2.75) is 65.1 Å². The first-order chi connectivity index (χ1) is 7.35. The van der Waals surface area contributed by atoms with Gasteiger partial charge < -0.3 is 9.84 Å². The molecule has 2 unspecified atom stereocenters. The second-order valence-electron chi connectivity index (χ2n) is 4.64. The lowest BCUT2D eigenvalue weighted by atomic mass is 9.96. The van der Waals surface area contributed by atoms with E-state index in [0.717, 1.165) is 12.8 Å². The van der Waals surface area contributed by atoms with E-state index >= 15 is 0 Å². The molecule has 0 rings (SSSR count). The Hall–Kier alpha value is -0.610. The van der Waals surface area contributed by atoms with Crippen LogP contribution in [0.1, 0.15) is 47.5 Å². The molecule has 0 aliphatic heterocycles. The molecule has 0 saturated heterocycles. The number of aliphatic hydroxyl groups is 1. The highest BCUT2D eigenvalue weighted by Gasteiger charge is 2.30. The van der Waals surface area contributed by atoms with E-state index in [4.69, 9.17) is 4.74 Å². The molecule has 0 bridgehead atoms. The van der Waals surface area contributed by atoms with Crippen LogP contribution in [0.4, 0.5) is 0 Å². The molecule has 0 saturated carbocycles. The average Bonchev–Trinajstić information content (AvgIpc) is 2.17. The summed E-state index contributed by atoms with van der Waals surface area (Å²) in [6.45, 7) is 9.65. The number of nitrogens with one attached hydrogen (secondary N) is 1. The topological polar surface area (TPSA) is 58.6 Å². The summed E-state index contributed by atoms with van der Waals surface area (Å²) in [6.07, 6.45) is 1.09. The third-order valence-electron chi connectivity index (χ3n) is 2.74. The quantitative estimate of drug-likeness (QED) is 0.651. The van der Waals surface area contributed by atoms with Gasteiger partial charge in [-0.3, -0.25) is 10.1 Å². The highest BCUT2D eigenvalue weighted by Crippen LogP contribution is 2.12. The van der Waals surface area contributed by atoms with Crippen molar-refractivity contribution in [2.24, 2.45) is 0 Å². The van der Waals surface area contributed by atoms with Gasteiger partial charge in [-0.2, -0.15) is 0 Å². The lowest BCUT2D eigenvalue weighted by Gasteiger charge is -2.33. The van der Waals surface area contributed by atoms with Crippen LogP contribution in [0.3, 0.4) is 0 Å². The van der Waals surface area contributed by atoms with Crippen LogP contribution in [0.15, 0.2) is 0 Å². The van der Waals surface area contributed by atoms with Gasteiger partial charge in [0, 0.05) is 5.54 Å². The summed E-state index contributed by atoms with van der Waals surface area (Å²) in [4.78, 5) is 11.7. The normalized spacial score (nSPS) is 15.6. The van der Waals surface area contributed by atoms with Gasteiger partial charge in [0.05, 0.1) is 12.7 Å². The summed E-state index contributed by atoms with van der Waals surface area (Å²) in [5.74, 6) is -0.238. The van der Waals surface area contributed by atoms with Crippen molar-refractivity contribution in [1.29, 1.82) is 0 Å². The number of hydrogen-bond acceptors (Lipinski definition) is 4. The molecule has 4 nitrogen and oxygen atoms in total. The Kier molecular flexibility index (Phi) is 6.60. The molecule has 2 atom stereocenters. The minimum atomic E-state index is -0.527. The van der Waals surface area contributed by atoms with Crippen molar-refractivity contribution in [1.82, 2.24) is 5.32 Å². The smallest absolute Gasteiger partial charge is 0.323 e. The van der Waals surface area contributed by atoms with E-state index in [2.05, 4.69) is 5.32 Å². The molecule has 0 aromatic rings. The lowest BCUT2D eigenvalue weighted by molar-refractivity contribution is -0.146. The number of ether oxygens (including phenoxy) is 1. The van der Waals surface area contributed by atoms with Gasteiger partial charge in [-0.05, 0) is 34.1 Å². The summed E-state index contributed by atoms with van der Waals surface area (Å²) in [5, 5.41) is 12.7. The second kappa shape index (κ2) is 6.86. The van der Waals surface area contributed by atoms with E-state index in [-0.39, 0.29) is 12.0 Å². The summed E-state index contributed by atoms with van der Waals surface area (Å²) >= 11 is 0. The van der Waals surface area contributed by atoms with Crippen molar-refractivity contribution < 1.29 is 14.6 Å². The summed E-state index contributed by atoms with van der Waals surface area (Å²) in [6, 6.07) is -0.338. The van der Waals surface area contributed by atoms with E-state index < -0.39 is 11.6 Å². The first-order valence-electron chi connectivity index (χ1n) is 5.97. The van der Waals surface area contributed by atoms with Gasteiger partial charge in [0.1, 0.15) is 6.04 Å². The molecule has 0 amide bonds. The van der Waals surface area contributed by atoms with Crippen LogP contribution < -0.4 is 5.32 Å². The van der Waals surface area contributed by atoms with Crippen LogP contribution in [0.25, 0.3) is 0 Å². The molecule has 0 aliphatic carbocycles. The van der Waals surface area contributed by atoms with E-state index in [1.807, 2.05) is 20.8 Å². The average molecular weight is 231 g/mol. The summed E-state index contributed by atoms with van der Waals surface area (Å²) in [5.41, 5.74) is -0.493. The Morgan fingerprint density at radius 1 is 1.44 bits per heavy atom. The minimum Gasteiger partial charge on any atom is -0.465 e. The van der Waals surface area contributed by atoms with Crippen molar-refractivity contribution in [3.05, 3.63) is 0 Å². The van der Waals surface area contributed by atoms with Gasteiger partial charge in [-0.1, -0.05) is 13.3 Å². The molecule has 16 heavy (non-hydrogen) atoms. The largest absolute Gasteiger partial charge is 0.465 e. The Bertz CT molecular complexity index is 214. The van der Waals surface area contributed by atoms with Crippen molar-refractivity contribution in [3.63, 3.8) is 0 Å². The van der Waals surface area contributed by atoms with Gasteiger partial charge >= 0.3 is 5.97 Å². The predicted octanol–water partition coefficient (Wildman–Crippen LogP) is 1.47. The van der Waals surface area contributed by atoms with Crippen LogP contribution >= 0.6 is 0 Å². The van der Waals surface area contributed by atoms with Crippen LogP contribution in [0, 0.1) is 0 Å². The molecule has 4 heteroatoms. The molecule has 0 radical (unpaired) electrons. The molecule has 0 aromatic carbocycles. The molecule has 0 aromatic heterocycles. The van der Waals surface area contributed by atoms with Crippen LogP contribution in [-0.2, 0) is 9.53 Å². The molecule has 0 fully saturated rings. The molecule has 0 spiro atoms. The van der Waals surface area contributed by atoms with Gasteiger partial charge in [-0.25, -0.2) is 0 Å². The maximum absolute atomic E-state index is 11.7. The Balaban J connectivity index is 4.49. The van der Waals surface area contributed by atoms with Crippen LogP contribution in [-0.4, -0.2) is 35.4 Å². The van der Waals surface area contributed by atoms with E-state index in [0.29, 0.717) is 6.61 Å². The fraction of sp³-hybridized carbons (Fsp3) is 0.917. The molecular weight excluding hydrogens is 206 g/mol. The zero-order valence-electron chi connectivity index (χ0n) is 11.0. The van der Waals surface area contributed by atoms with Gasteiger partial charge in [0.2, 0.25) is 0 Å². The third kappa shape index (κ3) is 4.94. The fourth-order valence-electron chi connectivity index (χ4n) is 1.35. The second-order valence-corrected chi connectivity index (χ2v) is 4.64. The summed E-state index contributed by atoms with van der Waals surface area (Å²) in [7, 11) is 0. The lowest BCUT2D eigenvalue weighted by Crippen LogP contribution is -2.55. The molecular formula is C12H25NO3. The monoisotopic (exact) mass is 231 g/mol. The first kappa shape index (κ1) is 15.4. The number of carbonyl (C=O) groups is 1. The standard InChI is InChI=1S/C12H25NO3/c1-6-8-10(11(15)16-7-2)13-12(4,5)9(3)14/h9-10,13-14H,6-8H2,1-5H3. The first-order valence-corrected chi connectivity index (χ1v) is 5.97. The van der Waals surface area contributed by atoms with Crippen molar-refractivity contribution >= 4 is 5.97 Å². The Morgan fingerprint density at radius 2 is 2.00 bits per heavy atom. The number of aliphatic hydroxyl groups excluding tert-OH is 1. The van der Waals surface area contributed by atoms with Gasteiger partial charge in [0.15, 0.2) is 0 Å². The summed E-state index contributed by atoms with van der Waals surface area (Å²) < 4.78 is 5.00. The van der Waals surface area contributed by atoms with Gasteiger partial charge in [-0.15, -0.1) is 0 Å². The fourth-order valence-corrected chi connectivity index (χ4v) is 1.35. The number of hydrogen-bond donors (Lipinski definition) is 2. The van der Waals surface area contributed by atoms with Crippen molar-refractivity contribution in [3.8, 4) is 0 Å². The maximum Gasteiger partial charge on any atom is 0.323 e. The SMILES string of the molecule is CCCC(NC(C)(C)C(C)O)C(=O)OCC. The number of carbonyl (C=O) groups excluding carboxylic acids is 1. The molecule has 0 aliphatic rings. The highest BCUT2D eigenvalue weighted by molar-refractivity contribution is 5.75. The van der Waals surface area contributed by atoms with E-state index in [9.17, 15) is 9.90 Å². The number of rotatable bonds is 7. The zero-order chi connectivity index (χ0) is 12.8. The van der Waals surface area contributed by atoms with Crippen LogP contribution in [0.5, 0.6) is 0 Å². The molecule has 0 heterocycles. The van der Waals surface area contributed by atoms with E-state index in [1.54, 1.807) is 13.8 Å². The zero-order valence-corrected chi connectivity index (χ0v) is 11.0. The number of esters is 1. The Labute approximate surface area is 98.4 Å². The maximum atomic E-state index is 11.7.